The Morgan fingerprint density at radius 2 is 1.54 bits per heavy atom. The van der Waals surface area contributed by atoms with E-state index in [1.54, 1.807) is 0 Å². The molecule has 0 aromatic heterocycles. The van der Waals surface area contributed by atoms with Gasteiger partial charge in [-0.15, -0.1) is 0 Å². The van der Waals surface area contributed by atoms with Crippen LogP contribution in [0.3, 0.4) is 0 Å². The summed E-state index contributed by atoms with van der Waals surface area (Å²) < 4.78 is 5.12. The molecule has 0 heterocycles. The third-order valence-corrected chi connectivity index (χ3v) is 5.22. The van der Waals surface area contributed by atoms with Crippen molar-refractivity contribution in [3.8, 4) is 0 Å². The van der Waals surface area contributed by atoms with Gasteiger partial charge in [-0.2, -0.15) is 0 Å². The Kier molecular flexibility index (Phi) is 5.42. The number of rotatable bonds is 1. The van der Waals surface area contributed by atoms with Gasteiger partial charge in [0, 0.05) is 16.0 Å². The zero-order valence-electron chi connectivity index (χ0n) is 12.4. The Bertz CT molecular complexity index is 756. The molecular weight excluding hydrogens is 442 g/mol. The van der Waals surface area contributed by atoms with Crippen LogP contribution in [0.5, 0.6) is 0 Å². The standard InChI is InChI=1S/C17H12Cl2O2.2ClH.Cu/c1-21-16(20)17-8-13(11-4-2-9(18)6-14(11)17)12-5-3-10(19)7-15(12)17;;;/h2-7,13H,8H2,1H3;2*1H;/q;;;+2/p-2. The van der Waals surface area contributed by atoms with Crippen molar-refractivity contribution < 1.29 is 22.7 Å². The van der Waals surface area contributed by atoms with Gasteiger partial charge in [0.15, 0.2) is 0 Å². The van der Waals surface area contributed by atoms with Crippen molar-refractivity contribution in [2.45, 2.75) is 17.8 Å². The van der Waals surface area contributed by atoms with Crippen LogP contribution in [0.15, 0.2) is 36.4 Å². The molecule has 24 heavy (non-hydrogen) atoms. The molecular formula is C17H12Cl4CuO2. The average Bonchev–Trinajstić information content (AvgIpc) is 3.07. The predicted octanol–water partition coefficient (Wildman–Crippen LogP) is 5.68. The minimum atomic E-state index is -0.764. The number of benzene rings is 2. The molecule has 0 spiro atoms. The number of methoxy groups -OCH3 is 1. The molecule has 2 nitrogen and oxygen atoms in total. The summed E-state index contributed by atoms with van der Waals surface area (Å²) in [5.41, 5.74) is 3.49. The summed E-state index contributed by atoms with van der Waals surface area (Å²) in [4.78, 5) is 12.6. The first-order valence-electron chi connectivity index (χ1n) is 6.99. The molecule has 0 amide bonds. The van der Waals surface area contributed by atoms with Gasteiger partial charge in [-0.05, 0) is 52.9 Å². The number of ether oxygens (including phenoxy) is 1. The first-order chi connectivity index (χ1) is 11.5. The molecule has 0 fully saturated rings. The van der Waals surface area contributed by atoms with Crippen LogP contribution in [0.25, 0.3) is 0 Å². The van der Waals surface area contributed by atoms with E-state index in [1.165, 1.54) is 18.2 Å². The van der Waals surface area contributed by atoms with Crippen molar-refractivity contribution in [1.82, 2.24) is 0 Å². The normalized spacial score (nSPS) is 22.5. The Labute approximate surface area is 165 Å². The topological polar surface area (TPSA) is 26.3 Å². The number of fused-ring (bicyclic) bond motifs is 8. The van der Waals surface area contributed by atoms with Gasteiger partial charge in [-0.3, -0.25) is 4.79 Å². The van der Waals surface area contributed by atoms with E-state index >= 15 is 0 Å². The fourth-order valence-corrected chi connectivity index (χ4v) is 4.28. The average molecular weight is 454 g/mol. The maximum absolute atomic E-state index is 12.6. The maximum atomic E-state index is 12.6. The summed E-state index contributed by atoms with van der Waals surface area (Å²) >= 11 is 13.1. The van der Waals surface area contributed by atoms with E-state index in [2.05, 4.69) is 20.2 Å². The second-order valence-corrected chi connectivity index (χ2v) is 8.09. The van der Waals surface area contributed by atoms with Crippen LogP contribution in [0, 0.1) is 0 Å². The quantitative estimate of drug-likeness (QED) is 0.410. The zero-order valence-corrected chi connectivity index (χ0v) is 16.3. The third-order valence-electron chi connectivity index (χ3n) is 4.75. The predicted molar refractivity (Wildman–Crippen MR) is 93.9 cm³/mol. The molecule has 0 radical (unpaired) electrons. The van der Waals surface area contributed by atoms with Gasteiger partial charge in [0.1, 0.15) is 5.41 Å². The van der Waals surface area contributed by atoms with E-state index in [1.807, 2.05) is 36.4 Å². The van der Waals surface area contributed by atoms with E-state index in [0.29, 0.717) is 16.5 Å². The molecule has 2 aromatic rings. The van der Waals surface area contributed by atoms with Crippen molar-refractivity contribution in [3.05, 3.63) is 68.7 Å². The van der Waals surface area contributed by atoms with E-state index in [0.717, 1.165) is 24.3 Å². The fraction of sp³-hybridized carbons (Fsp3) is 0.235. The molecule has 0 atom stereocenters. The molecule has 0 unspecified atom stereocenters. The molecule has 0 saturated heterocycles. The Morgan fingerprint density at radius 3 is 1.96 bits per heavy atom. The first kappa shape index (κ1) is 18.4. The molecule has 0 saturated carbocycles. The Morgan fingerprint density at radius 1 is 1.08 bits per heavy atom. The SMILES string of the molecule is COC(=O)C12CC(c3ccc(Cl)cc31)c1ccc(Cl)cc12.[Cl][Cu][Cl]. The van der Waals surface area contributed by atoms with Gasteiger partial charge in [0.25, 0.3) is 0 Å². The van der Waals surface area contributed by atoms with Crippen LogP contribution in [0.4, 0.5) is 0 Å². The summed E-state index contributed by atoms with van der Waals surface area (Å²) in [6.07, 6.45) is 0.699. The van der Waals surface area contributed by atoms with Crippen LogP contribution >= 0.6 is 43.4 Å². The van der Waals surface area contributed by atoms with Crippen LogP contribution in [0.1, 0.15) is 34.6 Å². The van der Waals surface area contributed by atoms with E-state index in [-0.39, 0.29) is 11.9 Å². The molecule has 2 aliphatic rings. The number of hydrogen-bond acceptors (Lipinski definition) is 2. The van der Waals surface area contributed by atoms with Crippen molar-refractivity contribution >= 4 is 49.4 Å². The Hall–Kier alpha value is -0.411. The fourth-order valence-electron chi connectivity index (χ4n) is 3.94. The zero-order chi connectivity index (χ0) is 17.5. The second-order valence-electron chi connectivity index (χ2n) is 5.66. The van der Waals surface area contributed by atoms with Gasteiger partial charge in [0.2, 0.25) is 0 Å². The Balaban J connectivity index is 0.000000526. The van der Waals surface area contributed by atoms with Crippen molar-refractivity contribution in [3.63, 3.8) is 0 Å². The van der Waals surface area contributed by atoms with E-state index in [9.17, 15) is 4.79 Å². The number of carbonyl (C=O) groups is 1. The third kappa shape index (κ3) is 2.67. The molecule has 2 bridgehead atoms. The van der Waals surface area contributed by atoms with Crippen LogP contribution in [-0.4, -0.2) is 13.1 Å². The number of hydrogen-bond donors (Lipinski definition) is 0. The summed E-state index contributed by atoms with van der Waals surface area (Å²) in [6, 6.07) is 11.6. The molecule has 2 aromatic carbocycles. The minimum absolute atomic E-state index is 0.212. The number of halogens is 4. The van der Waals surface area contributed by atoms with Gasteiger partial charge >= 0.3 is 39.3 Å². The molecule has 4 rings (SSSR count). The van der Waals surface area contributed by atoms with Crippen LogP contribution < -0.4 is 0 Å². The van der Waals surface area contributed by atoms with E-state index < -0.39 is 5.41 Å². The van der Waals surface area contributed by atoms with Crippen molar-refractivity contribution in [2.75, 3.05) is 7.11 Å². The monoisotopic (exact) mass is 451 g/mol. The molecule has 7 heteroatoms. The summed E-state index contributed by atoms with van der Waals surface area (Å²) in [7, 11) is 10.8. The molecule has 0 aliphatic heterocycles. The summed E-state index contributed by atoms with van der Waals surface area (Å²) in [6.45, 7) is 0. The number of esters is 1. The molecule has 131 valence electrons. The second kappa shape index (κ2) is 7.07. The van der Waals surface area contributed by atoms with Crippen LogP contribution in [-0.2, 0) is 28.1 Å². The van der Waals surface area contributed by atoms with Crippen LogP contribution in [0.2, 0.25) is 10.0 Å². The van der Waals surface area contributed by atoms with Crippen molar-refractivity contribution in [1.29, 1.82) is 0 Å². The van der Waals surface area contributed by atoms with Gasteiger partial charge in [-0.25, -0.2) is 0 Å². The van der Waals surface area contributed by atoms with E-state index in [4.69, 9.17) is 27.9 Å². The summed E-state index contributed by atoms with van der Waals surface area (Å²) in [5, 5.41) is 1.27. The molecule has 2 aliphatic carbocycles. The molecule has 0 N–H and O–H groups in total. The van der Waals surface area contributed by atoms with Gasteiger partial charge < -0.3 is 4.74 Å². The van der Waals surface area contributed by atoms with Gasteiger partial charge in [-0.1, -0.05) is 35.3 Å². The van der Waals surface area contributed by atoms with Crippen molar-refractivity contribution in [2.24, 2.45) is 0 Å². The summed E-state index contributed by atoms with van der Waals surface area (Å²) in [5.74, 6) is -0.0295. The number of carbonyl (C=O) groups excluding carboxylic acids is 1. The van der Waals surface area contributed by atoms with Gasteiger partial charge in [0.05, 0.1) is 7.11 Å². The first-order valence-corrected chi connectivity index (χ1v) is 10.3.